The topological polar surface area (TPSA) is 52.7 Å². The van der Waals surface area contributed by atoms with Crippen molar-refractivity contribution in [1.29, 1.82) is 0 Å². The molecule has 2 aliphatic rings. The van der Waals surface area contributed by atoms with Crippen molar-refractivity contribution in [2.45, 2.75) is 31.6 Å². The van der Waals surface area contributed by atoms with Gasteiger partial charge in [0.2, 0.25) is 5.91 Å². The van der Waals surface area contributed by atoms with Gasteiger partial charge < -0.3 is 10.2 Å². The second-order valence-electron chi connectivity index (χ2n) is 9.43. The predicted molar refractivity (Wildman–Crippen MR) is 141 cm³/mol. The number of likely N-dealkylation sites (tertiary alicyclic amines) is 1. The number of piperidine rings is 1. The number of rotatable bonds is 7. The molecule has 1 saturated heterocycles. The number of nitrogens with one attached hydrogen (secondary N) is 1. The first kappa shape index (κ1) is 24.8. The molecule has 2 amide bonds. The van der Waals surface area contributed by atoms with E-state index >= 15 is 0 Å². The van der Waals surface area contributed by atoms with Gasteiger partial charge in [-0.1, -0.05) is 61.5 Å². The van der Waals surface area contributed by atoms with Crippen LogP contribution in [0.4, 0.5) is 5.69 Å². The van der Waals surface area contributed by atoms with E-state index in [4.69, 9.17) is 11.6 Å². The fourth-order valence-electron chi connectivity index (χ4n) is 4.87. The molecule has 0 aromatic heterocycles. The Morgan fingerprint density at radius 2 is 1.91 bits per heavy atom. The minimum atomic E-state index is -0.171. The van der Waals surface area contributed by atoms with Crippen molar-refractivity contribution in [3.05, 3.63) is 64.0 Å². The fraction of sp³-hybridized carbons (Fsp3) is 0.407. The zero-order chi connectivity index (χ0) is 24.1. The second kappa shape index (κ2) is 11.4. The molecule has 5 nitrogen and oxygen atoms in total. The van der Waals surface area contributed by atoms with Crippen LogP contribution in [0.15, 0.2) is 58.3 Å². The van der Waals surface area contributed by atoms with E-state index < -0.39 is 0 Å². The summed E-state index contributed by atoms with van der Waals surface area (Å²) in [4.78, 5) is 31.7. The normalized spacial score (nSPS) is 22.0. The van der Waals surface area contributed by atoms with E-state index in [1.165, 1.54) is 18.2 Å². The van der Waals surface area contributed by atoms with E-state index in [1.54, 1.807) is 11.0 Å². The predicted octanol–water partition coefficient (Wildman–Crippen LogP) is 5.30. The quantitative estimate of drug-likeness (QED) is 0.416. The third kappa shape index (κ3) is 6.44. The summed E-state index contributed by atoms with van der Waals surface area (Å²) in [5.74, 6) is 1.15. The number of amides is 2. The van der Waals surface area contributed by atoms with E-state index in [-0.39, 0.29) is 18.4 Å². The fourth-order valence-corrected chi connectivity index (χ4v) is 6.13. The average molecular weight is 498 g/mol. The van der Waals surface area contributed by atoms with Crippen LogP contribution in [0, 0.1) is 11.8 Å². The Hall–Kier alpha value is -2.28. The monoisotopic (exact) mass is 497 g/mol. The van der Waals surface area contributed by atoms with Gasteiger partial charge >= 0.3 is 0 Å². The number of carbonyl (C=O) groups excluding carboxylic acids is 2. The van der Waals surface area contributed by atoms with Crippen LogP contribution in [0.3, 0.4) is 0 Å². The molecular weight excluding hydrogens is 466 g/mol. The number of thioether (sulfide) groups is 1. The van der Waals surface area contributed by atoms with Crippen LogP contribution >= 0.6 is 23.4 Å². The van der Waals surface area contributed by atoms with Crippen molar-refractivity contribution in [3.63, 3.8) is 0 Å². The number of benzene rings is 2. The first-order chi connectivity index (χ1) is 16.4. The minimum absolute atomic E-state index is 0.00107. The highest BCUT2D eigenvalue weighted by Gasteiger charge is 2.30. The Balaban J connectivity index is 1.38. The molecule has 0 bridgehead atoms. The zero-order valence-corrected chi connectivity index (χ0v) is 21.4. The van der Waals surface area contributed by atoms with Crippen molar-refractivity contribution in [2.24, 2.45) is 11.8 Å². The first-order valence-corrected chi connectivity index (χ1v) is 13.1. The average Bonchev–Trinajstić information content (AvgIpc) is 2.79. The summed E-state index contributed by atoms with van der Waals surface area (Å²) in [6.45, 7) is 8.50. The van der Waals surface area contributed by atoms with E-state index in [2.05, 4.69) is 24.1 Å². The molecule has 0 radical (unpaired) electrons. The lowest BCUT2D eigenvalue weighted by Crippen LogP contribution is -2.43. The summed E-state index contributed by atoms with van der Waals surface area (Å²) >= 11 is 7.54. The summed E-state index contributed by atoms with van der Waals surface area (Å²) < 4.78 is 0. The molecule has 1 N–H and O–H groups in total. The van der Waals surface area contributed by atoms with Crippen molar-refractivity contribution in [1.82, 2.24) is 10.2 Å². The number of halogens is 1. The van der Waals surface area contributed by atoms with Crippen molar-refractivity contribution in [2.75, 3.05) is 37.6 Å². The highest BCUT2D eigenvalue weighted by molar-refractivity contribution is 8.04. The molecule has 2 heterocycles. The molecule has 7 heteroatoms. The molecule has 1 fully saturated rings. The summed E-state index contributed by atoms with van der Waals surface area (Å²) in [6.07, 6.45) is 4.04. The molecule has 2 aromatic carbocycles. The van der Waals surface area contributed by atoms with Crippen LogP contribution in [0.25, 0.3) is 6.08 Å². The van der Waals surface area contributed by atoms with Crippen LogP contribution < -0.4 is 10.2 Å². The van der Waals surface area contributed by atoms with E-state index in [0.29, 0.717) is 16.5 Å². The van der Waals surface area contributed by atoms with Gasteiger partial charge in [0.05, 0.1) is 10.6 Å². The summed E-state index contributed by atoms with van der Waals surface area (Å²) in [7, 11) is 0. The molecule has 2 aromatic rings. The van der Waals surface area contributed by atoms with Crippen molar-refractivity contribution in [3.8, 4) is 0 Å². The Morgan fingerprint density at radius 1 is 1.15 bits per heavy atom. The molecule has 180 valence electrons. The van der Waals surface area contributed by atoms with Crippen molar-refractivity contribution < 1.29 is 9.59 Å². The smallest absolute Gasteiger partial charge is 0.265 e. The lowest BCUT2D eigenvalue weighted by atomic mass is 9.92. The molecule has 2 unspecified atom stereocenters. The van der Waals surface area contributed by atoms with Gasteiger partial charge in [-0.05, 0) is 67.1 Å². The molecule has 2 aliphatic heterocycles. The maximum absolute atomic E-state index is 13.3. The Bertz CT molecular complexity index is 1060. The number of carbonyl (C=O) groups is 2. The SMILES string of the molecule is CC1CC(C)CN(CCCNC(=O)CN2C(=O)C(=Cc3cccc(Cl)c3)Sc3ccccc32)C1. The van der Waals surface area contributed by atoms with Gasteiger partial charge in [-0.2, -0.15) is 0 Å². The maximum atomic E-state index is 13.3. The number of nitrogens with zero attached hydrogens (tertiary/aromatic N) is 2. The van der Waals surface area contributed by atoms with E-state index in [9.17, 15) is 9.59 Å². The van der Waals surface area contributed by atoms with Gasteiger partial charge in [-0.15, -0.1) is 0 Å². The molecule has 0 spiro atoms. The molecule has 0 aliphatic carbocycles. The highest BCUT2D eigenvalue weighted by Crippen LogP contribution is 2.42. The third-order valence-corrected chi connectivity index (χ3v) is 7.51. The molecular formula is C27H32ClN3O2S. The minimum Gasteiger partial charge on any atom is -0.355 e. The van der Waals surface area contributed by atoms with Gasteiger partial charge in [0, 0.05) is 29.6 Å². The van der Waals surface area contributed by atoms with Gasteiger partial charge in [-0.3, -0.25) is 14.5 Å². The zero-order valence-electron chi connectivity index (χ0n) is 19.8. The maximum Gasteiger partial charge on any atom is 0.265 e. The van der Waals surface area contributed by atoms with Gasteiger partial charge in [-0.25, -0.2) is 0 Å². The van der Waals surface area contributed by atoms with Crippen LogP contribution in [0.5, 0.6) is 0 Å². The number of anilines is 1. The summed E-state index contributed by atoms with van der Waals surface area (Å²) in [5, 5.41) is 3.63. The van der Waals surface area contributed by atoms with Crippen molar-refractivity contribution >= 4 is 46.9 Å². The Kier molecular flexibility index (Phi) is 8.35. The second-order valence-corrected chi connectivity index (χ2v) is 11.0. The van der Waals surface area contributed by atoms with Gasteiger partial charge in [0.25, 0.3) is 5.91 Å². The van der Waals surface area contributed by atoms with Crippen LogP contribution in [0.2, 0.25) is 5.02 Å². The lowest BCUT2D eigenvalue weighted by Gasteiger charge is -2.35. The summed E-state index contributed by atoms with van der Waals surface area (Å²) in [5.41, 5.74) is 1.63. The van der Waals surface area contributed by atoms with Crippen LogP contribution in [-0.4, -0.2) is 49.4 Å². The van der Waals surface area contributed by atoms with E-state index in [0.717, 1.165) is 54.0 Å². The third-order valence-electron chi connectivity index (χ3n) is 6.20. The standard InChI is InChI=1S/C27H32ClN3O2S/c1-19-13-20(2)17-30(16-19)12-6-11-29-26(32)18-31-23-9-3-4-10-24(23)34-25(27(31)33)15-21-7-5-8-22(28)14-21/h3-5,7-10,14-15,19-20H,6,11-13,16-18H2,1-2H3,(H,29,32). The molecule has 2 atom stereocenters. The van der Waals surface area contributed by atoms with Gasteiger partial charge in [0.15, 0.2) is 0 Å². The lowest BCUT2D eigenvalue weighted by molar-refractivity contribution is -0.122. The molecule has 4 rings (SSSR count). The highest BCUT2D eigenvalue weighted by atomic mass is 35.5. The summed E-state index contributed by atoms with van der Waals surface area (Å²) in [6, 6.07) is 15.1. The van der Waals surface area contributed by atoms with Gasteiger partial charge in [0.1, 0.15) is 6.54 Å². The van der Waals surface area contributed by atoms with Crippen LogP contribution in [-0.2, 0) is 9.59 Å². The van der Waals surface area contributed by atoms with Crippen LogP contribution in [0.1, 0.15) is 32.3 Å². The Labute approximate surface area is 211 Å². The number of para-hydroxylation sites is 1. The van der Waals surface area contributed by atoms with E-state index in [1.807, 2.05) is 48.5 Å². The molecule has 0 saturated carbocycles. The number of fused-ring (bicyclic) bond motifs is 1. The number of hydrogen-bond acceptors (Lipinski definition) is 4. The largest absolute Gasteiger partial charge is 0.355 e. The number of hydrogen-bond donors (Lipinski definition) is 1. The molecule has 34 heavy (non-hydrogen) atoms. The first-order valence-electron chi connectivity index (χ1n) is 11.9. The Morgan fingerprint density at radius 3 is 2.68 bits per heavy atom.